The average Bonchev–Trinajstić information content (AvgIpc) is 3.22. The van der Waals surface area contributed by atoms with Gasteiger partial charge in [0.2, 0.25) is 0 Å². The normalized spacial score (nSPS) is 11.5. The smallest absolute Gasteiger partial charge is 0.323 e. The fourth-order valence-electron chi connectivity index (χ4n) is 3.30. The summed E-state index contributed by atoms with van der Waals surface area (Å²) < 4.78 is 7.21. The lowest BCUT2D eigenvalue weighted by atomic mass is 10.1. The van der Waals surface area contributed by atoms with Crippen molar-refractivity contribution >= 4 is 51.6 Å². The number of hydrogen-bond donors (Lipinski definition) is 2. The molecule has 0 fully saturated rings. The van der Waals surface area contributed by atoms with Crippen LogP contribution in [0.2, 0.25) is 5.02 Å². The Bertz CT molecular complexity index is 1290. The van der Waals surface area contributed by atoms with Crippen LogP contribution in [0.4, 0.5) is 0 Å². The van der Waals surface area contributed by atoms with Gasteiger partial charge in [0.25, 0.3) is 0 Å². The molecule has 29 heavy (non-hydrogen) atoms. The summed E-state index contributed by atoms with van der Waals surface area (Å²) in [6.07, 6.45) is 1.51. The van der Waals surface area contributed by atoms with Crippen LogP contribution >= 0.6 is 11.6 Å². The highest BCUT2D eigenvalue weighted by Crippen LogP contribution is 2.25. The molecular formula is C21H16ClN3O4. The summed E-state index contributed by atoms with van der Waals surface area (Å²) in [5, 5.41) is 15.3. The monoisotopic (exact) mass is 409 g/mol. The minimum atomic E-state index is -0.935. The highest BCUT2D eigenvalue weighted by Gasteiger charge is 2.15. The van der Waals surface area contributed by atoms with Gasteiger partial charge in [0.1, 0.15) is 12.1 Å². The molecule has 0 unspecified atom stereocenters. The van der Waals surface area contributed by atoms with E-state index >= 15 is 0 Å². The number of carboxylic acid groups (broad SMARTS) is 1. The van der Waals surface area contributed by atoms with Crippen molar-refractivity contribution in [3.8, 4) is 0 Å². The van der Waals surface area contributed by atoms with Crippen molar-refractivity contribution in [3.63, 3.8) is 0 Å². The summed E-state index contributed by atoms with van der Waals surface area (Å²) in [5.74, 6) is -1.32. The van der Waals surface area contributed by atoms with Crippen molar-refractivity contribution in [2.75, 3.05) is 0 Å². The van der Waals surface area contributed by atoms with Crippen molar-refractivity contribution in [1.82, 2.24) is 9.99 Å². The standard InChI is InChI=1S/C21H16ClN3O4/c1-12-16(15-4-2-3-5-17(15)25(12)11-20(26)27)10-23-24-21(28)19-9-13-8-14(22)6-7-18(13)29-19/h2-10H,11H2,1H3,(H,24,28)(H,26,27)/b23-10+. The van der Waals surface area contributed by atoms with Crippen LogP contribution in [-0.4, -0.2) is 27.8 Å². The Morgan fingerprint density at radius 3 is 2.83 bits per heavy atom. The van der Waals surface area contributed by atoms with Crippen molar-refractivity contribution in [1.29, 1.82) is 0 Å². The summed E-state index contributed by atoms with van der Waals surface area (Å²) in [4.78, 5) is 23.6. The van der Waals surface area contributed by atoms with Gasteiger partial charge in [-0.2, -0.15) is 5.10 Å². The molecule has 0 bridgehead atoms. The van der Waals surface area contributed by atoms with Crippen LogP contribution in [0.1, 0.15) is 21.8 Å². The third-order valence-corrected chi connectivity index (χ3v) is 4.87. The molecule has 2 aromatic heterocycles. The summed E-state index contributed by atoms with van der Waals surface area (Å²) >= 11 is 5.95. The summed E-state index contributed by atoms with van der Waals surface area (Å²) in [7, 11) is 0. The van der Waals surface area contributed by atoms with Gasteiger partial charge in [-0.05, 0) is 37.3 Å². The molecule has 0 aliphatic rings. The van der Waals surface area contributed by atoms with Crippen LogP contribution < -0.4 is 5.43 Å². The number of amides is 1. The highest BCUT2D eigenvalue weighted by molar-refractivity contribution is 6.31. The van der Waals surface area contributed by atoms with Crippen LogP contribution in [-0.2, 0) is 11.3 Å². The lowest BCUT2D eigenvalue weighted by molar-refractivity contribution is -0.137. The molecule has 2 aromatic carbocycles. The van der Waals surface area contributed by atoms with E-state index in [1.54, 1.807) is 28.8 Å². The number of benzene rings is 2. The Morgan fingerprint density at radius 2 is 2.03 bits per heavy atom. The molecule has 0 aliphatic heterocycles. The van der Waals surface area contributed by atoms with Gasteiger partial charge in [-0.1, -0.05) is 29.8 Å². The summed E-state index contributed by atoms with van der Waals surface area (Å²) in [6, 6.07) is 14.1. The van der Waals surface area contributed by atoms with E-state index < -0.39 is 11.9 Å². The Balaban J connectivity index is 1.60. The number of fused-ring (bicyclic) bond motifs is 2. The number of aliphatic carboxylic acids is 1. The molecule has 8 heteroatoms. The lowest BCUT2D eigenvalue weighted by Crippen LogP contribution is -2.16. The number of halogens is 1. The first-order chi connectivity index (χ1) is 13.9. The topological polar surface area (TPSA) is 96.8 Å². The number of para-hydroxylation sites is 1. The Kier molecular flexibility index (Phi) is 4.82. The highest BCUT2D eigenvalue weighted by atomic mass is 35.5. The number of rotatable bonds is 5. The number of carbonyl (C=O) groups is 2. The molecule has 4 rings (SSSR count). The zero-order valence-corrected chi connectivity index (χ0v) is 16.1. The van der Waals surface area contributed by atoms with E-state index in [9.17, 15) is 14.7 Å². The first-order valence-corrected chi connectivity index (χ1v) is 9.14. The van der Waals surface area contributed by atoms with Crippen LogP contribution in [0.5, 0.6) is 0 Å². The van der Waals surface area contributed by atoms with Crippen molar-refractivity contribution < 1.29 is 19.1 Å². The minimum Gasteiger partial charge on any atom is -0.480 e. The maximum Gasteiger partial charge on any atom is 0.323 e. The van der Waals surface area contributed by atoms with Crippen molar-refractivity contribution in [2.45, 2.75) is 13.5 Å². The number of carbonyl (C=O) groups excluding carboxylic acids is 1. The van der Waals surface area contributed by atoms with Gasteiger partial charge in [-0.25, -0.2) is 5.43 Å². The van der Waals surface area contributed by atoms with E-state index in [1.165, 1.54) is 6.21 Å². The van der Waals surface area contributed by atoms with Gasteiger partial charge in [-0.15, -0.1) is 0 Å². The van der Waals surface area contributed by atoms with E-state index in [-0.39, 0.29) is 12.3 Å². The van der Waals surface area contributed by atoms with E-state index in [0.29, 0.717) is 10.6 Å². The number of furan rings is 1. The Labute approximate surface area is 170 Å². The molecule has 4 aromatic rings. The van der Waals surface area contributed by atoms with Gasteiger partial charge in [0.15, 0.2) is 5.76 Å². The van der Waals surface area contributed by atoms with Crippen LogP contribution in [0.25, 0.3) is 21.9 Å². The number of nitrogens with one attached hydrogen (secondary N) is 1. The molecule has 2 N–H and O–H groups in total. The molecule has 0 atom stereocenters. The maximum absolute atomic E-state index is 12.4. The summed E-state index contributed by atoms with van der Waals surface area (Å²) in [6.45, 7) is 1.66. The number of hydrazone groups is 1. The molecule has 0 saturated carbocycles. The lowest BCUT2D eigenvalue weighted by Gasteiger charge is -2.04. The largest absolute Gasteiger partial charge is 0.480 e. The van der Waals surface area contributed by atoms with Gasteiger partial charge < -0.3 is 14.1 Å². The molecule has 0 aliphatic carbocycles. The third-order valence-electron chi connectivity index (χ3n) is 4.63. The van der Waals surface area contributed by atoms with Gasteiger partial charge in [0.05, 0.1) is 6.21 Å². The Hall–Kier alpha value is -3.58. The Morgan fingerprint density at radius 1 is 1.24 bits per heavy atom. The van der Waals surface area contributed by atoms with Gasteiger partial charge >= 0.3 is 11.9 Å². The predicted octanol–water partition coefficient (Wildman–Crippen LogP) is 4.20. The van der Waals surface area contributed by atoms with Gasteiger partial charge in [-0.3, -0.25) is 9.59 Å². The number of carboxylic acids is 1. The van der Waals surface area contributed by atoms with Crippen molar-refractivity contribution in [2.24, 2.45) is 5.10 Å². The first-order valence-electron chi connectivity index (χ1n) is 8.76. The van der Waals surface area contributed by atoms with E-state index in [4.69, 9.17) is 16.0 Å². The van der Waals surface area contributed by atoms with Crippen molar-refractivity contribution in [3.05, 3.63) is 70.6 Å². The van der Waals surface area contributed by atoms with E-state index in [2.05, 4.69) is 10.5 Å². The SMILES string of the molecule is Cc1c(/C=N/NC(=O)c2cc3cc(Cl)ccc3o2)c2ccccc2n1CC(=O)O. The number of nitrogens with zero attached hydrogens (tertiary/aromatic N) is 2. The number of aromatic nitrogens is 1. The third kappa shape index (κ3) is 3.60. The van der Waals surface area contributed by atoms with E-state index in [1.807, 2.05) is 31.2 Å². The molecule has 146 valence electrons. The quantitative estimate of drug-likeness (QED) is 0.381. The second-order valence-corrected chi connectivity index (χ2v) is 6.92. The fourth-order valence-corrected chi connectivity index (χ4v) is 3.48. The first kappa shape index (κ1) is 18.8. The molecule has 0 spiro atoms. The minimum absolute atomic E-state index is 0.115. The number of hydrogen-bond acceptors (Lipinski definition) is 4. The average molecular weight is 410 g/mol. The summed E-state index contributed by atoms with van der Waals surface area (Å²) in [5.41, 5.74) is 5.26. The van der Waals surface area contributed by atoms with Crippen LogP contribution in [0.3, 0.4) is 0 Å². The molecule has 2 heterocycles. The second-order valence-electron chi connectivity index (χ2n) is 6.49. The molecule has 1 amide bonds. The van der Waals surface area contributed by atoms with Crippen LogP contribution in [0, 0.1) is 6.92 Å². The zero-order chi connectivity index (χ0) is 20.5. The second kappa shape index (κ2) is 7.44. The maximum atomic E-state index is 12.4. The molecular weight excluding hydrogens is 394 g/mol. The predicted molar refractivity (Wildman–Crippen MR) is 111 cm³/mol. The molecule has 0 saturated heterocycles. The fraction of sp³-hybridized carbons (Fsp3) is 0.0952. The zero-order valence-electron chi connectivity index (χ0n) is 15.3. The molecule has 7 nitrogen and oxygen atoms in total. The van der Waals surface area contributed by atoms with E-state index in [0.717, 1.165) is 27.5 Å². The molecule has 0 radical (unpaired) electrons. The van der Waals surface area contributed by atoms with Gasteiger partial charge in [0, 0.05) is 32.6 Å². The van der Waals surface area contributed by atoms with Crippen LogP contribution in [0.15, 0.2) is 58.0 Å².